The highest BCUT2D eigenvalue weighted by atomic mass is 35.5. The smallest absolute Gasteiger partial charge is 0.337 e. The minimum absolute atomic E-state index is 0.0128. The van der Waals surface area contributed by atoms with Gasteiger partial charge in [0.2, 0.25) is 5.91 Å². The summed E-state index contributed by atoms with van der Waals surface area (Å²) in [5.74, 6) is -0.887. The third-order valence-electron chi connectivity index (χ3n) is 3.21. The van der Waals surface area contributed by atoms with Crippen LogP contribution in [0.2, 0.25) is 5.02 Å². The van der Waals surface area contributed by atoms with E-state index >= 15 is 0 Å². The molecule has 0 aromatic heterocycles. The number of anilines is 1. The molecule has 1 aromatic carbocycles. The monoisotopic (exact) mass is 267 g/mol. The molecule has 5 heteroatoms. The van der Waals surface area contributed by atoms with Crippen molar-refractivity contribution in [3.63, 3.8) is 0 Å². The lowest BCUT2D eigenvalue weighted by atomic mass is 10.1. The third kappa shape index (κ3) is 2.82. The quantitative estimate of drug-likeness (QED) is 0.881. The van der Waals surface area contributed by atoms with E-state index in [1.165, 1.54) is 12.1 Å². The number of carbonyl (C=O) groups is 2. The fourth-order valence-electron chi connectivity index (χ4n) is 1.86. The molecule has 1 fully saturated rings. The first-order chi connectivity index (χ1) is 8.49. The van der Waals surface area contributed by atoms with Gasteiger partial charge in [-0.15, -0.1) is 0 Å². The summed E-state index contributed by atoms with van der Waals surface area (Å²) >= 11 is 5.74. The Morgan fingerprint density at radius 2 is 2.11 bits per heavy atom. The third-order valence-corrected chi connectivity index (χ3v) is 3.45. The predicted molar refractivity (Wildman–Crippen MR) is 68.9 cm³/mol. The number of halogens is 1. The second kappa shape index (κ2) is 4.98. The van der Waals surface area contributed by atoms with Gasteiger partial charge in [-0.1, -0.05) is 18.5 Å². The van der Waals surface area contributed by atoms with Crippen LogP contribution in [0.1, 0.15) is 30.1 Å². The maximum atomic E-state index is 11.9. The van der Waals surface area contributed by atoms with Crippen molar-refractivity contribution in [2.75, 3.05) is 5.32 Å². The van der Waals surface area contributed by atoms with Gasteiger partial charge in [0, 0.05) is 10.9 Å². The molecule has 1 aromatic rings. The molecule has 1 unspecified atom stereocenters. The minimum atomic E-state index is -1.10. The zero-order chi connectivity index (χ0) is 13.3. The lowest BCUT2D eigenvalue weighted by molar-refractivity contribution is -0.119. The van der Waals surface area contributed by atoms with Crippen molar-refractivity contribution in [2.24, 2.45) is 11.8 Å². The van der Waals surface area contributed by atoms with E-state index < -0.39 is 5.97 Å². The van der Waals surface area contributed by atoms with Crippen molar-refractivity contribution in [2.45, 2.75) is 19.8 Å². The summed E-state index contributed by atoms with van der Waals surface area (Å²) in [4.78, 5) is 23.0. The van der Waals surface area contributed by atoms with E-state index in [4.69, 9.17) is 16.7 Å². The van der Waals surface area contributed by atoms with E-state index in [-0.39, 0.29) is 17.4 Å². The Bertz CT molecular complexity index is 497. The van der Waals surface area contributed by atoms with E-state index in [0.717, 1.165) is 12.8 Å². The predicted octanol–water partition coefficient (Wildman–Crippen LogP) is 3.02. The lowest BCUT2D eigenvalue weighted by Gasteiger charge is -2.13. The summed E-state index contributed by atoms with van der Waals surface area (Å²) in [7, 11) is 0. The number of carboxylic acid groups (broad SMARTS) is 1. The highest BCUT2D eigenvalue weighted by Crippen LogP contribution is 2.37. The summed E-state index contributed by atoms with van der Waals surface area (Å²) in [5, 5.41) is 12.0. The second-order valence-corrected chi connectivity index (χ2v) is 5.05. The first kappa shape index (κ1) is 12.9. The lowest BCUT2D eigenvalue weighted by Crippen LogP contribution is -2.23. The topological polar surface area (TPSA) is 66.4 Å². The van der Waals surface area contributed by atoms with Gasteiger partial charge in [-0.3, -0.25) is 4.79 Å². The maximum Gasteiger partial charge on any atom is 0.337 e. The number of aromatic carboxylic acids is 1. The van der Waals surface area contributed by atoms with Crippen LogP contribution in [0.4, 0.5) is 5.69 Å². The van der Waals surface area contributed by atoms with Gasteiger partial charge in [0.25, 0.3) is 0 Å². The van der Waals surface area contributed by atoms with Crippen molar-refractivity contribution < 1.29 is 14.7 Å². The van der Waals surface area contributed by atoms with Crippen LogP contribution in [0.3, 0.4) is 0 Å². The van der Waals surface area contributed by atoms with Crippen LogP contribution in [0, 0.1) is 11.8 Å². The molecule has 0 spiro atoms. The molecule has 1 aliphatic carbocycles. The van der Waals surface area contributed by atoms with E-state index in [2.05, 4.69) is 5.32 Å². The maximum absolute atomic E-state index is 11.9. The Morgan fingerprint density at radius 3 is 2.67 bits per heavy atom. The number of nitrogens with one attached hydrogen (secondary N) is 1. The van der Waals surface area contributed by atoms with Gasteiger partial charge in [0.1, 0.15) is 0 Å². The molecule has 1 amide bonds. The van der Waals surface area contributed by atoms with E-state index in [9.17, 15) is 9.59 Å². The molecule has 1 aliphatic rings. The molecule has 0 radical (unpaired) electrons. The summed E-state index contributed by atoms with van der Waals surface area (Å²) in [6.07, 6.45) is 2.14. The van der Waals surface area contributed by atoms with Crippen LogP contribution in [0.5, 0.6) is 0 Å². The summed E-state index contributed by atoms with van der Waals surface area (Å²) < 4.78 is 0. The van der Waals surface area contributed by atoms with Gasteiger partial charge >= 0.3 is 5.97 Å². The van der Waals surface area contributed by atoms with Gasteiger partial charge in [-0.25, -0.2) is 4.79 Å². The van der Waals surface area contributed by atoms with Crippen molar-refractivity contribution in [1.29, 1.82) is 0 Å². The molecule has 2 rings (SSSR count). The van der Waals surface area contributed by atoms with E-state index in [0.29, 0.717) is 16.6 Å². The highest BCUT2D eigenvalue weighted by molar-refractivity contribution is 6.31. The molecule has 96 valence electrons. The Labute approximate surface area is 110 Å². The minimum Gasteiger partial charge on any atom is -0.478 e. The summed E-state index contributed by atoms with van der Waals surface area (Å²) in [5.41, 5.74) is 0.309. The summed E-state index contributed by atoms with van der Waals surface area (Å²) in [6.45, 7) is 1.86. The summed E-state index contributed by atoms with van der Waals surface area (Å²) in [6, 6.07) is 4.41. The highest BCUT2D eigenvalue weighted by Gasteiger charge is 2.32. The number of hydrogen-bond donors (Lipinski definition) is 2. The number of rotatable bonds is 4. The number of carboxylic acids is 1. The van der Waals surface area contributed by atoms with Gasteiger partial charge in [-0.05, 0) is 37.0 Å². The molecule has 0 heterocycles. The Hall–Kier alpha value is -1.55. The van der Waals surface area contributed by atoms with Gasteiger partial charge in [0.15, 0.2) is 0 Å². The first-order valence-electron chi connectivity index (χ1n) is 5.82. The van der Waals surface area contributed by atoms with Crippen molar-refractivity contribution in [3.05, 3.63) is 28.8 Å². The average molecular weight is 268 g/mol. The molecule has 2 N–H and O–H groups in total. The van der Waals surface area contributed by atoms with Gasteiger partial charge in [-0.2, -0.15) is 0 Å². The normalized spacial score (nSPS) is 16.1. The molecular formula is C13H14ClNO3. The standard InChI is InChI=1S/C13H14ClNO3/c1-7(8-2-3-8)12(16)15-11-5-4-9(14)6-10(11)13(17)18/h4-8H,2-3H2,1H3,(H,15,16)(H,17,18). The van der Waals surface area contributed by atoms with Crippen LogP contribution in [0.15, 0.2) is 18.2 Å². The Morgan fingerprint density at radius 1 is 1.44 bits per heavy atom. The number of carbonyl (C=O) groups excluding carboxylic acids is 1. The Balaban J connectivity index is 2.17. The Kier molecular flexibility index (Phi) is 3.57. The van der Waals surface area contributed by atoms with Gasteiger partial charge < -0.3 is 10.4 Å². The number of amides is 1. The number of benzene rings is 1. The first-order valence-corrected chi connectivity index (χ1v) is 6.20. The second-order valence-electron chi connectivity index (χ2n) is 4.61. The SMILES string of the molecule is CC(C(=O)Nc1ccc(Cl)cc1C(=O)O)C1CC1. The molecule has 1 atom stereocenters. The van der Waals surface area contributed by atoms with E-state index in [1.54, 1.807) is 6.07 Å². The molecule has 1 saturated carbocycles. The van der Waals surface area contributed by atoms with Gasteiger partial charge in [0.05, 0.1) is 11.3 Å². The van der Waals surface area contributed by atoms with Crippen molar-refractivity contribution in [3.8, 4) is 0 Å². The van der Waals surface area contributed by atoms with Crippen molar-refractivity contribution >= 4 is 29.2 Å². The van der Waals surface area contributed by atoms with Crippen LogP contribution in [-0.4, -0.2) is 17.0 Å². The molecule has 4 nitrogen and oxygen atoms in total. The fraction of sp³-hybridized carbons (Fsp3) is 0.385. The fourth-order valence-corrected chi connectivity index (χ4v) is 2.03. The van der Waals surface area contributed by atoms with E-state index in [1.807, 2.05) is 6.92 Å². The van der Waals surface area contributed by atoms with Crippen LogP contribution in [-0.2, 0) is 4.79 Å². The molecule has 0 aliphatic heterocycles. The number of hydrogen-bond acceptors (Lipinski definition) is 2. The van der Waals surface area contributed by atoms with Crippen molar-refractivity contribution in [1.82, 2.24) is 0 Å². The molecule has 18 heavy (non-hydrogen) atoms. The van der Waals surface area contributed by atoms with Crippen LogP contribution < -0.4 is 5.32 Å². The van der Waals surface area contributed by atoms with Crippen LogP contribution in [0.25, 0.3) is 0 Å². The molecule has 0 saturated heterocycles. The zero-order valence-corrected chi connectivity index (χ0v) is 10.7. The average Bonchev–Trinajstić information content (AvgIpc) is 3.14. The zero-order valence-electron chi connectivity index (χ0n) is 9.94. The molecular weight excluding hydrogens is 254 g/mol. The molecule has 0 bridgehead atoms. The van der Waals surface area contributed by atoms with Crippen LogP contribution >= 0.6 is 11.6 Å². The largest absolute Gasteiger partial charge is 0.478 e.